The molecule has 1 heterocycles. The molecule has 5 nitrogen and oxygen atoms in total. The Balaban J connectivity index is 1.72. The minimum atomic E-state index is -1.02. The first-order valence-electron chi connectivity index (χ1n) is 8.59. The lowest BCUT2D eigenvalue weighted by Crippen LogP contribution is -2.62. The Morgan fingerprint density at radius 1 is 0.920 bits per heavy atom. The van der Waals surface area contributed by atoms with Gasteiger partial charge >= 0.3 is 0 Å². The number of nitrogens with zero attached hydrogens (tertiary/aromatic N) is 1. The van der Waals surface area contributed by atoms with Crippen LogP contribution in [0.25, 0.3) is 0 Å². The first kappa shape index (κ1) is 18.0. The first-order chi connectivity index (χ1) is 12.2. The SMILES string of the molecule is OC[C@@H]1[C@@H](OCc2ccccc2)[C@@H](O)[C@@H](O)CN1Cc1ccccc1. The molecule has 25 heavy (non-hydrogen) atoms. The molecule has 0 aromatic heterocycles. The van der Waals surface area contributed by atoms with Crippen molar-refractivity contribution in [2.24, 2.45) is 0 Å². The van der Waals surface area contributed by atoms with E-state index >= 15 is 0 Å². The average Bonchev–Trinajstić information content (AvgIpc) is 2.65. The summed E-state index contributed by atoms with van der Waals surface area (Å²) in [6.45, 7) is 1.06. The molecular formula is C20H25NO4. The minimum absolute atomic E-state index is 0.143. The molecule has 4 atom stereocenters. The number of piperidine rings is 1. The smallest absolute Gasteiger partial charge is 0.109 e. The van der Waals surface area contributed by atoms with Crippen LogP contribution in [-0.4, -0.2) is 57.7 Å². The van der Waals surface area contributed by atoms with Crippen molar-refractivity contribution < 1.29 is 20.1 Å². The van der Waals surface area contributed by atoms with Crippen molar-refractivity contribution >= 4 is 0 Å². The number of aliphatic hydroxyl groups excluding tert-OH is 3. The molecule has 134 valence electrons. The van der Waals surface area contributed by atoms with Gasteiger partial charge in [-0.1, -0.05) is 60.7 Å². The van der Waals surface area contributed by atoms with Crippen molar-refractivity contribution in [3.05, 3.63) is 71.8 Å². The van der Waals surface area contributed by atoms with E-state index in [4.69, 9.17) is 4.74 Å². The van der Waals surface area contributed by atoms with Crippen molar-refractivity contribution in [1.29, 1.82) is 0 Å². The van der Waals surface area contributed by atoms with Crippen LogP contribution < -0.4 is 0 Å². The highest BCUT2D eigenvalue weighted by Crippen LogP contribution is 2.24. The lowest BCUT2D eigenvalue weighted by Gasteiger charge is -2.45. The number of rotatable bonds is 6. The Bertz CT molecular complexity index is 637. The molecular weight excluding hydrogens is 318 g/mol. The number of likely N-dealkylation sites (tertiary alicyclic amines) is 1. The van der Waals surface area contributed by atoms with Crippen molar-refractivity contribution in [3.63, 3.8) is 0 Å². The second-order valence-corrected chi connectivity index (χ2v) is 6.48. The van der Waals surface area contributed by atoms with E-state index in [-0.39, 0.29) is 12.6 Å². The van der Waals surface area contributed by atoms with Crippen LogP contribution in [0.5, 0.6) is 0 Å². The predicted molar refractivity (Wildman–Crippen MR) is 94.8 cm³/mol. The standard InChI is InChI=1S/C20H25NO4/c22-13-17-20(25-14-16-9-5-2-6-10-16)19(24)18(23)12-21(17)11-15-7-3-1-4-8-15/h1-10,17-20,22-24H,11-14H2/t17-,18+,19+,20-/m1/s1. The lowest BCUT2D eigenvalue weighted by atomic mass is 9.93. The third-order valence-electron chi connectivity index (χ3n) is 4.70. The van der Waals surface area contributed by atoms with Gasteiger partial charge in [0.15, 0.2) is 0 Å². The molecule has 0 saturated carbocycles. The second kappa shape index (κ2) is 8.56. The molecule has 3 N–H and O–H groups in total. The van der Waals surface area contributed by atoms with Crippen LogP contribution in [0.2, 0.25) is 0 Å². The van der Waals surface area contributed by atoms with Gasteiger partial charge < -0.3 is 20.1 Å². The molecule has 2 aromatic rings. The van der Waals surface area contributed by atoms with Crippen LogP contribution in [0.3, 0.4) is 0 Å². The maximum atomic E-state index is 10.4. The minimum Gasteiger partial charge on any atom is -0.395 e. The fourth-order valence-corrected chi connectivity index (χ4v) is 3.33. The molecule has 0 radical (unpaired) electrons. The van der Waals surface area contributed by atoms with Gasteiger partial charge in [-0.2, -0.15) is 0 Å². The summed E-state index contributed by atoms with van der Waals surface area (Å²) in [5.74, 6) is 0. The van der Waals surface area contributed by atoms with Gasteiger partial charge in [-0.25, -0.2) is 0 Å². The Labute approximate surface area is 148 Å². The quantitative estimate of drug-likeness (QED) is 0.734. The van der Waals surface area contributed by atoms with E-state index in [0.717, 1.165) is 11.1 Å². The lowest BCUT2D eigenvalue weighted by molar-refractivity contribution is -0.172. The van der Waals surface area contributed by atoms with E-state index in [2.05, 4.69) is 0 Å². The van der Waals surface area contributed by atoms with Gasteiger partial charge in [0, 0.05) is 13.1 Å². The molecule has 1 aliphatic heterocycles. The molecule has 2 aromatic carbocycles. The number of hydrogen-bond acceptors (Lipinski definition) is 5. The van der Waals surface area contributed by atoms with E-state index in [9.17, 15) is 15.3 Å². The molecule has 1 saturated heterocycles. The fraction of sp³-hybridized carbons (Fsp3) is 0.400. The fourth-order valence-electron chi connectivity index (χ4n) is 3.33. The van der Waals surface area contributed by atoms with E-state index in [1.54, 1.807) is 0 Å². The normalized spacial score (nSPS) is 27.3. The molecule has 0 amide bonds. The molecule has 0 bridgehead atoms. The summed E-state index contributed by atoms with van der Waals surface area (Å²) in [7, 11) is 0. The van der Waals surface area contributed by atoms with Crippen LogP contribution in [0.4, 0.5) is 0 Å². The van der Waals surface area contributed by atoms with Gasteiger partial charge in [0.25, 0.3) is 0 Å². The van der Waals surface area contributed by atoms with E-state index in [1.165, 1.54) is 0 Å². The van der Waals surface area contributed by atoms with Gasteiger partial charge in [0.2, 0.25) is 0 Å². The van der Waals surface area contributed by atoms with Gasteiger partial charge in [-0.15, -0.1) is 0 Å². The summed E-state index contributed by atoms with van der Waals surface area (Å²) < 4.78 is 5.91. The van der Waals surface area contributed by atoms with Crippen molar-refractivity contribution in [2.75, 3.05) is 13.2 Å². The molecule has 0 unspecified atom stereocenters. The zero-order valence-electron chi connectivity index (χ0n) is 14.1. The number of aliphatic hydroxyl groups is 3. The highest BCUT2D eigenvalue weighted by molar-refractivity contribution is 5.16. The van der Waals surface area contributed by atoms with Crippen LogP contribution in [0, 0.1) is 0 Å². The maximum absolute atomic E-state index is 10.4. The summed E-state index contributed by atoms with van der Waals surface area (Å²) in [5.41, 5.74) is 2.08. The van der Waals surface area contributed by atoms with E-state index < -0.39 is 18.3 Å². The van der Waals surface area contributed by atoms with Gasteiger partial charge in [0.1, 0.15) is 12.2 Å². The second-order valence-electron chi connectivity index (χ2n) is 6.48. The monoisotopic (exact) mass is 343 g/mol. The third-order valence-corrected chi connectivity index (χ3v) is 4.70. The average molecular weight is 343 g/mol. The molecule has 1 fully saturated rings. The maximum Gasteiger partial charge on any atom is 0.109 e. The number of β-amino-alcohol motifs (C(OH)–C–C–N with tert-alkyl or cyclic N) is 1. The summed E-state index contributed by atoms with van der Waals surface area (Å²) in [4.78, 5) is 1.97. The Kier molecular flexibility index (Phi) is 6.18. The van der Waals surface area contributed by atoms with Crippen molar-refractivity contribution in [3.8, 4) is 0 Å². The van der Waals surface area contributed by atoms with Crippen LogP contribution >= 0.6 is 0 Å². The number of ether oxygens (including phenoxy) is 1. The zero-order valence-corrected chi connectivity index (χ0v) is 14.1. The first-order valence-corrected chi connectivity index (χ1v) is 8.59. The van der Waals surface area contributed by atoms with Crippen molar-refractivity contribution in [1.82, 2.24) is 4.90 Å². The summed E-state index contributed by atoms with van der Waals surface area (Å²) in [6, 6.07) is 19.2. The molecule has 3 rings (SSSR count). The molecule has 0 spiro atoms. The van der Waals surface area contributed by atoms with Gasteiger partial charge in [0.05, 0.1) is 25.4 Å². The third kappa shape index (κ3) is 4.45. The topological polar surface area (TPSA) is 73.2 Å². The zero-order chi connectivity index (χ0) is 17.6. The predicted octanol–water partition coefficient (Wildman–Crippen LogP) is 1.17. The van der Waals surface area contributed by atoms with Gasteiger partial charge in [-0.3, -0.25) is 4.90 Å². The highest BCUT2D eigenvalue weighted by Gasteiger charge is 2.42. The summed E-state index contributed by atoms with van der Waals surface area (Å²) in [5, 5.41) is 30.5. The Hall–Kier alpha value is -1.76. The Morgan fingerprint density at radius 2 is 1.52 bits per heavy atom. The van der Waals surface area contributed by atoms with E-state index in [0.29, 0.717) is 19.7 Å². The molecule has 1 aliphatic rings. The molecule has 5 heteroatoms. The summed E-state index contributed by atoms with van der Waals surface area (Å²) in [6.07, 6.45) is -2.59. The summed E-state index contributed by atoms with van der Waals surface area (Å²) >= 11 is 0. The van der Waals surface area contributed by atoms with Crippen molar-refractivity contribution in [2.45, 2.75) is 37.5 Å². The van der Waals surface area contributed by atoms with Crippen LogP contribution in [0.1, 0.15) is 11.1 Å². The van der Waals surface area contributed by atoms with Crippen LogP contribution in [-0.2, 0) is 17.9 Å². The number of hydrogen-bond donors (Lipinski definition) is 3. The largest absolute Gasteiger partial charge is 0.395 e. The highest BCUT2D eigenvalue weighted by atomic mass is 16.5. The Morgan fingerprint density at radius 3 is 2.12 bits per heavy atom. The van der Waals surface area contributed by atoms with Crippen LogP contribution in [0.15, 0.2) is 60.7 Å². The molecule has 0 aliphatic carbocycles. The number of benzene rings is 2. The van der Waals surface area contributed by atoms with Gasteiger partial charge in [-0.05, 0) is 11.1 Å². The van der Waals surface area contributed by atoms with E-state index in [1.807, 2.05) is 65.6 Å².